The molecule has 15 heavy (non-hydrogen) atoms. The van der Waals surface area contributed by atoms with Gasteiger partial charge in [0.1, 0.15) is 0 Å². The lowest BCUT2D eigenvalue weighted by Crippen LogP contribution is -2.45. The summed E-state index contributed by atoms with van der Waals surface area (Å²) in [5.41, 5.74) is 5.85. The first-order valence-corrected chi connectivity index (χ1v) is 6.22. The van der Waals surface area contributed by atoms with E-state index >= 15 is 0 Å². The second-order valence-corrected chi connectivity index (χ2v) is 5.85. The molecule has 0 spiro atoms. The van der Waals surface area contributed by atoms with Crippen molar-refractivity contribution in [2.24, 2.45) is 17.1 Å². The highest BCUT2D eigenvalue weighted by Crippen LogP contribution is 2.60. The Kier molecular flexibility index (Phi) is 1.91. The van der Waals surface area contributed by atoms with Gasteiger partial charge >= 0.3 is 0 Å². The third-order valence-corrected chi connectivity index (χ3v) is 4.68. The van der Waals surface area contributed by atoms with E-state index in [1.807, 2.05) is 0 Å². The van der Waals surface area contributed by atoms with Crippen LogP contribution in [0.25, 0.3) is 0 Å². The molecule has 0 heterocycles. The number of nitrogens with one attached hydrogen (secondary N) is 1. The van der Waals surface area contributed by atoms with Gasteiger partial charge in [0.2, 0.25) is 5.91 Å². The van der Waals surface area contributed by atoms with E-state index in [1.54, 1.807) is 0 Å². The largest absolute Gasteiger partial charge is 0.354 e. The van der Waals surface area contributed by atoms with Gasteiger partial charge in [-0.3, -0.25) is 4.79 Å². The minimum Gasteiger partial charge on any atom is -0.354 e. The number of hydrogen-bond donors (Lipinski definition) is 2. The van der Waals surface area contributed by atoms with Gasteiger partial charge in [-0.2, -0.15) is 0 Å². The first kappa shape index (κ1) is 9.64. The fraction of sp³-hybridized carbons (Fsp3) is 0.917. The highest BCUT2D eigenvalue weighted by Gasteiger charge is 2.55. The summed E-state index contributed by atoms with van der Waals surface area (Å²) >= 11 is 0. The van der Waals surface area contributed by atoms with Crippen LogP contribution in [0.3, 0.4) is 0 Å². The fourth-order valence-electron chi connectivity index (χ4n) is 3.11. The number of fused-ring (bicyclic) bond motifs is 1. The minimum atomic E-state index is -0.490. The molecule has 0 aromatic heterocycles. The van der Waals surface area contributed by atoms with Crippen LogP contribution >= 0.6 is 0 Å². The summed E-state index contributed by atoms with van der Waals surface area (Å²) in [5.74, 6) is 0.993. The Bertz CT molecular complexity index is 298. The van der Waals surface area contributed by atoms with E-state index < -0.39 is 5.54 Å². The highest BCUT2D eigenvalue weighted by atomic mass is 16.2. The Balaban J connectivity index is 1.52. The maximum Gasteiger partial charge on any atom is 0.240 e. The van der Waals surface area contributed by atoms with E-state index in [-0.39, 0.29) is 5.91 Å². The second-order valence-electron chi connectivity index (χ2n) is 5.85. The van der Waals surface area contributed by atoms with Crippen molar-refractivity contribution in [3.8, 4) is 0 Å². The van der Waals surface area contributed by atoms with E-state index in [0.717, 1.165) is 25.3 Å². The van der Waals surface area contributed by atoms with Crippen LogP contribution in [0.5, 0.6) is 0 Å². The van der Waals surface area contributed by atoms with Gasteiger partial charge in [0.25, 0.3) is 0 Å². The molecule has 3 nitrogen and oxygen atoms in total. The van der Waals surface area contributed by atoms with E-state index in [4.69, 9.17) is 5.73 Å². The van der Waals surface area contributed by atoms with Crippen molar-refractivity contribution in [1.82, 2.24) is 5.32 Å². The smallest absolute Gasteiger partial charge is 0.240 e. The summed E-state index contributed by atoms with van der Waals surface area (Å²) in [4.78, 5) is 11.7. The van der Waals surface area contributed by atoms with Crippen molar-refractivity contribution in [1.29, 1.82) is 0 Å². The van der Waals surface area contributed by atoms with Gasteiger partial charge in [-0.1, -0.05) is 12.8 Å². The lowest BCUT2D eigenvalue weighted by molar-refractivity contribution is -0.123. The van der Waals surface area contributed by atoms with Crippen molar-refractivity contribution in [2.45, 2.75) is 50.5 Å². The molecule has 1 amide bonds. The molecule has 3 aliphatic rings. The van der Waals surface area contributed by atoms with Crippen LogP contribution in [0.15, 0.2) is 0 Å². The molecular formula is C12H20N2O. The van der Waals surface area contributed by atoms with Crippen molar-refractivity contribution in [3.63, 3.8) is 0 Å². The third kappa shape index (κ3) is 1.57. The number of hydrogen-bond acceptors (Lipinski definition) is 2. The lowest BCUT2D eigenvalue weighted by Gasteiger charge is -2.23. The van der Waals surface area contributed by atoms with E-state index in [9.17, 15) is 4.79 Å². The van der Waals surface area contributed by atoms with Crippen LogP contribution in [0.2, 0.25) is 0 Å². The molecule has 0 saturated heterocycles. The first-order chi connectivity index (χ1) is 7.15. The van der Waals surface area contributed by atoms with Crippen molar-refractivity contribution < 1.29 is 4.79 Å². The van der Waals surface area contributed by atoms with Crippen molar-refractivity contribution in [2.75, 3.05) is 6.54 Å². The Hall–Kier alpha value is -0.570. The molecule has 84 valence electrons. The lowest BCUT2D eigenvalue weighted by atomic mass is 9.88. The van der Waals surface area contributed by atoms with Crippen LogP contribution in [-0.4, -0.2) is 18.0 Å². The zero-order chi connectivity index (χ0) is 10.5. The van der Waals surface area contributed by atoms with Gasteiger partial charge in [0.05, 0.1) is 5.54 Å². The highest BCUT2D eigenvalue weighted by molar-refractivity contribution is 5.89. The standard InChI is InChI=1S/C12H20N2O/c13-12(5-6-12)10(15)14-8-11-4-2-1-3-9(11)7-11/h9H,1-8,13H2,(H,14,15). The monoisotopic (exact) mass is 208 g/mol. The molecule has 0 aliphatic heterocycles. The first-order valence-electron chi connectivity index (χ1n) is 6.22. The SMILES string of the molecule is NC1(C(=O)NCC23CCCCC2C3)CC1. The number of nitrogens with two attached hydrogens (primary N) is 1. The van der Waals surface area contributed by atoms with Gasteiger partial charge in [0, 0.05) is 6.54 Å². The van der Waals surface area contributed by atoms with E-state index in [1.165, 1.54) is 32.1 Å². The number of carbonyl (C=O) groups excluding carboxylic acids is 1. The van der Waals surface area contributed by atoms with Gasteiger partial charge in [-0.15, -0.1) is 0 Å². The van der Waals surface area contributed by atoms with Crippen LogP contribution in [0.4, 0.5) is 0 Å². The Labute approximate surface area is 90.8 Å². The average Bonchev–Trinajstić information content (AvgIpc) is 3.10. The second kappa shape index (κ2) is 2.97. The van der Waals surface area contributed by atoms with Crippen molar-refractivity contribution >= 4 is 5.91 Å². The quantitative estimate of drug-likeness (QED) is 0.731. The predicted molar refractivity (Wildman–Crippen MR) is 58.2 cm³/mol. The molecule has 3 fully saturated rings. The zero-order valence-electron chi connectivity index (χ0n) is 9.22. The molecule has 3 saturated carbocycles. The summed E-state index contributed by atoms with van der Waals surface area (Å²) in [5, 5.41) is 3.07. The molecule has 3 aliphatic carbocycles. The van der Waals surface area contributed by atoms with E-state index in [2.05, 4.69) is 5.32 Å². The molecule has 0 aromatic carbocycles. The number of amides is 1. The Morgan fingerprint density at radius 3 is 2.80 bits per heavy atom. The van der Waals surface area contributed by atoms with Crippen molar-refractivity contribution in [3.05, 3.63) is 0 Å². The minimum absolute atomic E-state index is 0.0908. The molecular weight excluding hydrogens is 188 g/mol. The summed E-state index contributed by atoms with van der Waals surface area (Å²) in [6.07, 6.45) is 8.51. The van der Waals surface area contributed by atoms with Crippen LogP contribution in [-0.2, 0) is 4.79 Å². The van der Waals surface area contributed by atoms with Crippen LogP contribution in [0, 0.1) is 11.3 Å². The predicted octanol–water partition coefficient (Wildman–Crippen LogP) is 1.17. The van der Waals surface area contributed by atoms with Gasteiger partial charge < -0.3 is 11.1 Å². The topological polar surface area (TPSA) is 55.1 Å². The summed E-state index contributed by atoms with van der Waals surface area (Å²) in [6, 6.07) is 0. The molecule has 0 bridgehead atoms. The fourth-order valence-corrected chi connectivity index (χ4v) is 3.11. The number of rotatable bonds is 3. The molecule has 3 heteroatoms. The molecule has 3 N–H and O–H groups in total. The number of carbonyl (C=O) groups is 1. The Morgan fingerprint density at radius 2 is 2.13 bits per heavy atom. The van der Waals surface area contributed by atoms with Crippen LogP contribution < -0.4 is 11.1 Å². The van der Waals surface area contributed by atoms with E-state index in [0.29, 0.717) is 5.41 Å². The van der Waals surface area contributed by atoms with Crippen LogP contribution in [0.1, 0.15) is 44.9 Å². The average molecular weight is 208 g/mol. The van der Waals surface area contributed by atoms with Gasteiger partial charge in [-0.05, 0) is 43.4 Å². The maximum absolute atomic E-state index is 11.7. The zero-order valence-corrected chi connectivity index (χ0v) is 9.22. The van der Waals surface area contributed by atoms with Gasteiger partial charge in [0.15, 0.2) is 0 Å². The Morgan fingerprint density at radius 1 is 1.33 bits per heavy atom. The van der Waals surface area contributed by atoms with Gasteiger partial charge in [-0.25, -0.2) is 0 Å². The third-order valence-electron chi connectivity index (χ3n) is 4.68. The summed E-state index contributed by atoms with van der Waals surface area (Å²) in [6.45, 7) is 0.884. The molecule has 3 rings (SSSR count). The summed E-state index contributed by atoms with van der Waals surface area (Å²) in [7, 11) is 0. The molecule has 2 atom stereocenters. The maximum atomic E-state index is 11.7. The normalized spacial score (nSPS) is 40.5. The molecule has 2 unspecified atom stereocenters. The molecule has 0 aromatic rings. The molecule has 0 radical (unpaired) electrons. The summed E-state index contributed by atoms with van der Waals surface area (Å²) < 4.78 is 0.